The van der Waals surface area contributed by atoms with Crippen LogP contribution in [0.4, 0.5) is 5.69 Å². The molecule has 0 radical (unpaired) electrons. The molecule has 104 valence electrons. The molecule has 1 atom stereocenters. The van der Waals surface area contributed by atoms with Gasteiger partial charge in [0.2, 0.25) is 0 Å². The predicted octanol–water partition coefficient (Wildman–Crippen LogP) is 1.66. The van der Waals surface area contributed by atoms with Crippen LogP contribution >= 0.6 is 0 Å². The van der Waals surface area contributed by atoms with Gasteiger partial charge in [0.05, 0.1) is 18.4 Å². The fraction of sp³-hybridized carbons (Fsp3) is 0.643. The monoisotopic (exact) mass is 263 g/mol. The van der Waals surface area contributed by atoms with E-state index in [-0.39, 0.29) is 12.0 Å². The summed E-state index contributed by atoms with van der Waals surface area (Å²) < 4.78 is 7.66. The number of hydrogen-bond acceptors (Lipinski definition) is 3. The zero-order valence-electron chi connectivity index (χ0n) is 11.3. The summed E-state index contributed by atoms with van der Waals surface area (Å²) in [5.74, 6) is 0.0883. The van der Waals surface area contributed by atoms with E-state index >= 15 is 0 Å². The molecule has 3 rings (SSSR count). The number of carbonyl (C=O) groups excluding carboxylic acids is 1. The number of nitrogens with zero attached hydrogens (tertiary/aromatic N) is 2. The molecule has 1 aromatic heterocycles. The molecule has 2 fully saturated rings. The number of nitrogens with two attached hydrogens (primary N) is 1. The maximum atomic E-state index is 12.6. The zero-order valence-corrected chi connectivity index (χ0v) is 11.3. The molecule has 5 nitrogen and oxygen atoms in total. The molecule has 1 aliphatic heterocycles. The molecule has 19 heavy (non-hydrogen) atoms. The molecule has 5 heteroatoms. The molecule has 1 unspecified atom stereocenters. The summed E-state index contributed by atoms with van der Waals surface area (Å²) in [6.45, 7) is 4.07. The number of aromatic nitrogens is 1. The van der Waals surface area contributed by atoms with Crippen molar-refractivity contribution < 1.29 is 9.53 Å². The molecule has 1 aromatic rings. The maximum absolute atomic E-state index is 12.6. The molecule has 2 N–H and O–H groups in total. The third-order valence-electron chi connectivity index (χ3n) is 3.91. The first-order valence-electron chi connectivity index (χ1n) is 7.07. The topological polar surface area (TPSA) is 60.5 Å². The molecule has 0 spiro atoms. The molecular weight excluding hydrogens is 242 g/mol. The van der Waals surface area contributed by atoms with Crippen molar-refractivity contribution >= 4 is 11.6 Å². The van der Waals surface area contributed by atoms with Crippen LogP contribution in [-0.4, -0.2) is 41.2 Å². The van der Waals surface area contributed by atoms with Crippen molar-refractivity contribution in [2.45, 2.75) is 38.3 Å². The van der Waals surface area contributed by atoms with Gasteiger partial charge in [-0.25, -0.2) is 0 Å². The van der Waals surface area contributed by atoms with E-state index in [1.165, 1.54) is 0 Å². The minimum absolute atomic E-state index is 0.0883. The Balaban J connectivity index is 1.79. The molecule has 1 amide bonds. The summed E-state index contributed by atoms with van der Waals surface area (Å²) in [4.78, 5) is 14.5. The minimum atomic E-state index is 0.0883. The number of nitrogen functional groups attached to an aromatic ring is 1. The Hall–Kier alpha value is -1.49. The van der Waals surface area contributed by atoms with Gasteiger partial charge in [0.1, 0.15) is 5.69 Å². The van der Waals surface area contributed by atoms with Crippen molar-refractivity contribution in [1.29, 1.82) is 0 Å². The number of carbonyl (C=O) groups is 1. The van der Waals surface area contributed by atoms with E-state index in [2.05, 4.69) is 6.92 Å². The van der Waals surface area contributed by atoms with Crippen LogP contribution in [0.2, 0.25) is 0 Å². The number of rotatable bonds is 3. The van der Waals surface area contributed by atoms with E-state index in [1.807, 2.05) is 15.7 Å². The van der Waals surface area contributed by atoms with E-state index in [9.17, 15) is 4.79 Å². The largest absolute Gasteiger partial charge is 0.397 e. The van der Waals surface area contributed by atoms with Crippen LogP contribution in [-0.2, 0) is 4.74 Å². The van der Waals surface area contributed by atoms with Gasteiger partial charge in [-0.05, 0) is 25.3 Å². The Kier molecular flexibility index (Phi) is 3.22. The number of ether oxygens (including phenoxy) is 1. The average Bonchev–Trinajstić information content (AvgIpc) is 3.21. The number of hydrogen-bond donors (Lipinski definition) is 1. The quantitative estimate of drug-likeness (QED) is 0.902. The van der Waals surface area contributed by atoms with E-state index in [4.69, 9.17) is 10.5 Å². The van der Waals surface area contributed by atoms with Crippen LogP contribution in [0.5, 0.6) is 0 Å². The number of anilines is 1. The van der Waals surface area contributed by atoms with Gasteiger partial charge in [0.25, 0.3) is 5.91 Å². The first kappa shape index (κ1) is 12.5. The van der Waals surface area contributed by atoms with Gasteiger partial charge in [0.15, 0.2) is 0 Å². The lowest BCUT2D eigenvalue weighted by Gasteiger charge is -2.32. The van der Waals surface area contributed by atoms with E-state index in [0.29, 0.717) is 31.4 Å². The Morgan fingerprint density at radius 3 is 3.00 bits per heavy atom. The third-order valence-corrected chi connectivity index (χ3v) is 3.91. The summed E-state index contributed by atoms with van der Waals surface area (Å²) in [5.41, 5.74) is 7.26. The first-order chi connectivity index (χ1) is 9.19. The number of morpholine rings is 1. The van der Waals surface area contributed by atoms with Crippen LogP contribution in [0.3, 0.4) is 0 Å². The van der Waals surface area contributed by atoms with Gasteiger partial charge in [0, 0.05) is 25.3 Å². The van der Waals surface area contributed by atoms with Crippen molar-refractivity contribution in [2.24, 2.45) is 0 Å². The minimum Gasteiger partial charge on any atom is -0.397 e. The van der Waals surface area contributed by atoms with Gasteiger partial charge in [-0.3, -0.25) is 4.79 Å². The van der Waals surface area contributed by atoms with E-state index < -0.39 is 0 Å². The second kappa shape index (κ2) is 4.89. The smallest absolute Gasteiger partial charge is 0.270 e. The molecule has 1 aliphatic carbocycles. The molecule has 1 saturated carbocycles. The summed E-state index contributed by atoms with van der Waals surface area (Å²) in [6.07, 6.45) is 5.29. The van der Waals surface area contributed by atoms with Crippen LogP contribution < -0.4 is 5.73 Å². The molecule has 0 bridgehead atoms. The fourth-order valence-corrected chi connectivity index (χ4v) is 2.64. The van der Waals surface area contributed by atoms with Crippen LogP contribution in [0.25, 0.3) is 0 Å². The average molecular weight is 263 g/mol. The second-order valence-corrected chi connectivity index (χ2v) is 5.45. The van der Waals surface area contributed by atoms with Gasteiger partial charge < -0.3 is 19.9 Å². The van der Waals surface area contributed by atoms with Crippen molar-refractivity contribution in [2.75, 3.05) is 25.4 Å². The van der Waals surface area contributed by atoms with Crippen LogP contribution in [0.1, 0.15) is 42.7 Å². The molecule has 1 saturated heterocycles. The highest BCUT2D eigenvalue weighted by Crippen LogP contribution is 2.37. The van der Waals surface area contributed by atoms with Gasteiger partial charge in [-0.2, -0.15) is 0 Å². The van der Waals surface area contributed by atoms with E-state index in [0.717, 1.165) is 25.0 Å². The predicted molar refractivity (Wildman–Crippen MR) is 73.0 cm³/mol. The van der Waals surface area contributed by atoms with Crippen molar-refractivity contribution in [3.05, 3.63) is 18.0 Å². The van der Waals surface area contributed by atoms with E-state index in [1.54, 1.807) is 6.07 Å². The molecule has 0 aromatic carbocycles. The molecule has 2 aliphatic rings. The SMILES string of the molecule is CCC1CN(C(=O)c2cc(N)cn2C2CC2)CCO1. The van der Waals surface area contributed by atoms with Gasteiger partial charge in [-0.1, -0.05) is 6.92 Å². The van der Waals surface area contributed by atoms with Crippen molar-refractivity contribution in [1.82, 2.24) is 9.47 Å². The van der Waals surface area contributed by atoms with Gasteiger partial charge in [-0.15, -0.1) is 0 Å². The molecule has 2 heterocycles. The summed E-state index contributed by atoms with van der Waals surface area (Å²) in [6, 6.07) is 2.27. The van der Waals surface area contributed by atoms with Crippen molar-refractivity contribution in [3.8, 4) is 0 Å². The zero-order chi connectivity index (χ0) is 13.4. The standard InChI is InChI=1S/C14H21N3O2/c1-2-12-9-16(5-6-19-12)14(18)13-7-10(15)8-17(13)11-3-4-11/h7-8,11-12H,2-6,9,15H2,1H3. The maximum Gasteiger partial charge on any atom is 0.270 e. The molecular formula is C14H21N3O2. The Labute approximate surface area is 113 Å². The third kappa shape index (κ3) is 2.47. The van der Waals surface area contributed by atoms with Crippen LogP contribution in [0.15, 0.2) is 12.3 Å². The van der Waals surface area contributed by atoms with Crippen molar-refractivity contribution in [3.63, 3.8) is 0 Å². The normalized spacial score (nSPS) is 23.6. The Morgan fingerprint density at radius 2 is 2.32 bits per heavy atom. The first-order valence-corrected chi connectivity index (χ1v) is 7.07. The fourth-order valence-electron chi connectivity index (χ4n) is 2.64. The number of amides is 1. The summed E-state index contributed by atoms with van der Waals surface area (Å²) in [5, 5.41) is 0. The Bertz CT molecular complexity index is 479. The lowest BCUT2D eigenvalue weighted by molar-refractivity contribution is -0.0229. The van der Waals surface area contributed by atoms with Gasteiger partial charge >= 0.3 is 0 Å². The lowest BCUT2D eigenvalue weighted by Crippen LogP contribution is -2.45. The lowest BCUT2D eigenvalue weighted by atomic mass is 10.2. The summed E-state index contributed by atoms with van der Waals surface area (Å²) >= 11 is 0. The van der Waals surface area contributed by atoms with Crippen LogP contribution in [0, 0.1) is 0 Å². The summed E-state index contributed by atoms with van der Waals surface area (Å²) in [7, 11) is 0. The Morgan fingerprint density at radius 1 is 1.53 bits per heavy atom. The second-order valence-electron chi connectivity index (χ2n) is 5.45. The highest BCUT2D eigenvalue weighted by molar-refractivity contribution is 5.94. The highest BCUT2D eigenvalue weighted by atomic mass is 16.5. The highest BCUT2D eigenvalue weighted by Gasteiger charge is 2.31.